The quantitative estimate of drug-likeness (QED) is 0.572. The Morgan fingerprint density at radius 1 is 0.885 bits per heavy atom. The van der Waals surface area contributed by atoms with E-state index in [4.69, 9.17) is 4.98 Å². The van der Waals surface area contributed by atoms with Crippen molar-refractivity contribution in [2.45, 2.75) is 6.92 Å². The highest BCUT2D eigenvalue weighted by Gasteiger charge is 2.23. The molecule has 126 valence electrons. The second kappa shape index (κ2) is 6.41. The molecule has 2 aromatic heterocycles. The van der Waals surface area contributed by atoms with Crippen LogP contribution in [0.25, 0.3) is 33.3 Å². The number of benzene rings is 2. The van der Waals surface area contributed by atoms with Crippen molar-refractivity contribution < 1.29 is 9.90 Å². The number of aryl methyl sites for hydroxylation is 1. The van der Waals surface area contributed by atoms with Gasteiger partial charge in [-0.15, -0.1) is 0 Å². The SMILES string of the molecule is Cc1cccc2nc(-c3ccccc3)c(-c3ccncc3)c(C(=O)O)c12. The average molecular weight is 340 g/mol. The normalized spacial score (nSPS) is 10.8. The Hall–Kier alpha value is -3.53. The summed E-state index contributed by atoms with van der Waals surface area (Å²) in [6.45, 7) is 1.91. The average Bonchev–Trinajstić information content (AvgIpc) is 2.68. The molecule has 2 aromatic carbocycles. The van der Waals surface area contributed by atoms with E-state index in [1.165, 1.54) is 0 Å². The smallest absolute Gasteiger partial charge is 0.337 e. The van der Waals surface area contributed by atoms with Gasteiger partial charge in [-0.3, -0.25) is 4.98 Å². The Labute approximate surface area is 150 Å². The van der Waals surface area contributed by atoms with Gasteiger partial charge in [0.05, 0.1) is 16.8 Å². The van der Waals surface area contributed by atoms with Gasteiger partial charge in [0.15, 0.2) is 0 Å². The van der Waals surface area contributed by atoms with Crippen molar-refractivity contribution in [3.63, 3.8) is 0 Å². The fraction of sp³-hybridized carbons (Fsp3) is 0.0455. The Morgan fingerprint density at radius 2 is 1.62 bits per heavy atom. The largest absolute Gasteiger partial charge is 0.478 e. The molecule has 0 atom stereocenters. The van der Waals surface area contributed by atoms with Crippen molar-refractivity contribution in [1.29, 1.82) is 0 Å². The van der Waals surface area contributed by atoms with Gasteiger partial charge in [0.1, 0.15) is 0 Å². The first-order valence-corrected chi connectivity index (χ1v) is 8.29. The molecule has 0 aliphatic carbocycles. The first kappa shape index (κ1) is 16.0. The van der Waals surface area contributed by atoms with Crippen LogP contribution in [-0.4, -0.2) is 21.0 Å². The van der Waals surface area contributed by atoms with Crippen molar-refractivity contribution >= 4 is 16.9 Å². The molecule has 1 N–H and O–H groups in total. The van der Waals surface area contributed by atoms with Crippen molar-refractivity contribution in [2.24, 2.45) is 0 Å². The van der Waals surface area contributed by atoms with Crippen LogP contribution >= 0.6 is 0 Å². The van der Waals surface area contributed by atoms with Gasteiger partial charge in [0, 0.05) is 28.9 Å². The summed E-state index contributed by atoms with van der Waals surface area (Å²) in [4.78, 5) is 21.2. The number of carboxylic acids is 1. The van der Waals surface area contributed by atoms with Gasteiger partial charge >= 0.3 is 5.97 Å². The van der Waals surface area contributed by atoms with Gasteiger partial charge in [0.2, 0.25) is 0 Å². The minimum Gasteiger partial charge on any atom is -0.478 e. The van der Waals surface area contributed by atoms with E-state index in [2.05, 4.69) is 4.98 Å². The molecule has 0 saturated carbocycles. The summed E-state index contributed by atoms with van der Waals surface area (Å²) in [5, 5.41) is 10.8. The van der Waals surface area contributed by atoms with Gasteiger partial charge in [0.25, 0.3) is 0 Å². The first-order chi connectivity index (χ1) is 12.7. The summed E-state index contributed by atoms with van der Waals surface area (Å²) in [5.74, 6) is -0.962. The third-order valence-electron chi connectivity index (χ3n) is 4.45. The minimum absolute atomic E-state index is 0.276. The van der Waals surface area contributed by atoms with E-state index >= 15 is 0 Å². The van der Waals surface area contributed by atoms with Crippen LogP contribution in [-0.2, 0) is 0 Å². The molecule has 0 bridgehead atoms. The summed E-state index contributed by atoms with van der Waals surface area (Å²) in [6, 6.07) is 19.0. The van der Waals surface area contributed by atoms with Crippen LogP contribution in [0.15, 0.2) is 73.1 Å². The summed E-state index contributed by atoms with van der Waals surface area (Å²) in [6.07, 6.45) is 3.33. The Morgan fingerprint density at radius 3 is 2.31 bits per heavy atom. The van der Waals surface area contributed by atoms with Crippen LogP contribution in [0.3, 0.4) is 0 Å². The maximum absolute atomic E-state index is 12.3. The van der Waals surface area contributed by atoms with Gasteiger partial charge in [-0.05, 0) is 36.2 Å². The van der Waals surface area contributed by atoms with Gasteiger partial charge in [-0.1, -0.05) is 42.5 Å². The number of pyridine rings is 2. The molecule has 4 nitrogen and oxygen atoms in total. The van der Waals surface area contributed by atoms with Crippen molar-refractivity contribution in [3.05, 3.63) is 84.2 Å². The molecule has 4 heteroatoms. The van der Waals surface area contributed by atoms with Gasteiger partial charge in [-0.25, -0.2) is 9.78 Å². The highest BCUT2D eigenvalue weighted by molar-refractivity contribution is 6.12. The van der Waals surface area contributed by atoms with Crippen LogP contribution in [0.1, 0.15) is 15.9 Å². The number of carbonyl (C=O) groups is 1. The number of carboxylic acid groups (broad SMARTS) is 1. The highest BCUT2D eigenvalue weighted by atomic mass is 16.4. The standard InChI is InChI=1S/C22H16N2O2/c1-14-6-5-9-17-18(14)20(22(25)26)19(15-10-12-23-13-11-15)21(24-17)16-7-3-2-4-8-16/h2-13H,1H3,(H,25,26). The monoisotopic (exact) mass is 340 g/mol. The number of aromatic carboxylic acids is 1. The third kappa shape index (κ3) is 2.62. The van der Waals surface area contributed by atoms with E-state index in [0.717, 1.165) is 16.7 Å². The second-order valence-electron chi connectivity index (χ2n) is 6.09. The van der Waals surface area contributed by atoms with Crippen LogP contribution in [0.5, 0.6) is 0 Å². The molecule has 0 amide bonds. The lowest BCUT2D eigenvalue weighted by molar-refractivity contribution is 0.0699. The lowest BCUT2D eigenvalue weighted by atomic mass is 9.91. The number of fused-ring (bicyclic) bond motifs is 1. The molecule has 4 rings (SSSR count). The zero-order valence-corrected chi connectivity index (χ0v) is 14.2. The van der Waals surface area contributed by atoms with E-state index in [1.807, 2.05) is 67.6 Å². The third-order valence-corrected chi connectivity index (χ3v) is 4.45. The molecule has 0 fully saturated rings. The zero-order chi connectivity index (χ0) is 18.1. The van der Waals surface area contributed by atoms with E-state index < -0.39 is 5.97 Å². The first-order valence-electron chi connectivity index (χ1n) is 8.29. The van der Waals surface area contributed by atoms with E-state index in [0.29, 0.717) is 22.2 Å². The molecule has 0 radical (unpaired) electrons. The lowest BCUT2D eigenvalue weighted by Gasteiger charge is -2.16. The van der Waals surface area contributed by atoms with Crippen molar-refractivity contribution in [3.8, 4) is 22.4 Å². The summed E-state index contributed by atoms with van der Waals surface area (Å²) < 4.78 is 0. The van der Waals surface area contributed by atoms with Gasteiger partial charge in [-0.2, -0.15) is 0 Å². The lowest BCUT2D eigenvalue weighted by Crippen LogP contribution is -2.06. The molecule has 0 spiro atoms. The van der Waals surface area contributed by atoms with Crippen LogP contribution in [0, 0.1) is 6.92 Å². The number of rotatable bonds is 3. The fourth-order valence-corrected chi connectivity index (χ4v) is 3.31. The topological polar surface area (TPSA) is 63.1 Å². The molecular formula is C22H16N2O2. The molecule has 0 saturated heterocycles. The fourth-order valence-electron chi connectivity index (χ4n) is 3.31. The van der Waals surface area contributed by atoms with Crippen molar-refractivity contribution in [1.82, 2.24) is 9.97 Å². The zero-order valence-electron chi connectivity index (χ0n) is 14.2. The van der Waals surface area contributed by atoms with Crippen molar-refractivity contribution in [2.75, 3.05) is 0 Å². The summed E-state index contributed by atoms with van der Waals surface area (Å²) >= 11 is 0. The highest BCUT2D eigenvalue weighted by Crippen LogP contribution is 2.38. The summed E-state index contributed by atoms with van der Waals surface area (Å²) in [7, 11) is 0. The number of nitrogens with zero attached hydrogens (tertiary/aromatic N) is 2. The maximum Gasteiger partial charge on any atom is 0.337 e. The van der Waals surface area contributed by atoms with Crippen LogP contribution in [0.2, 0.25) is 0 Å². The van der Waals surface area contributed by atoms with E-state index in [9.17, 15) is 9.90 Å². The number of hydrogen-bond donors (Lipinski definition) is 1. The van der Waals surface area contributed by atoms with E-state index in [-0.39, 0.29) is 5.56 Å². The summed E-state index contributed by atoms with van der Waals surface area (Å²) in [5.41, 5.74) is 4.79. The predicted molar refractivity (Wildman–Crippen MR) is 102 cm³/mol. The van der Waals surface area contributed by atoms with Crippen LogP contribution in [0.4, 0.5) is 0 Å². The molecule has 2 heterocycles. The molecular weight excluding hydrogens is 324 g/mol. The number of aromatic nitrogens is 2. The Bertz CT molecular complexity index is 1110. The number of hydrogen-bond acceptors (Lipinski definition) is 3. The minimum atomic E-state index is -0.962. The second-order valence-corrected chi connectivity index (χ2v) is 6.09. The molecule has 4 aromatic rings. The molecule has 0 aliphatic heterocycles. The molecule has 26 heavy (non-hydrogen) atoms. The molecule has 0 unspecified atom stereocenters. The Balaban J connectivity index is 2.22. The molecule has 0 aliphatic rings. The maximum atomic E-state index is 12.3. The van der Waals surface area contributed by atoms with E-state index in [1.54, 1.807) is 12.4 Å². The van der Waals surface area contributed by atoms with Crippen LogP contribution < -0.4 is 0 Å². The predicted octanol–water partition coefficient (Wildman–Crippen LogP) is 4.97. The van der Waals surface area contributed by atoms with Gasteiger partial charge < -0.3 is 5.11 Å². The Kier molecular flexibility index (Phi) is 3.93.